The molecule has 6 nitrogen and oxygen atoms in total. The van der Waals surface area contributed by atoms with Crippen LogP contribution in [-0.2, 0) is 30.9 Å². The summed E-state index contributed by atoms with van der Waals surface area (Å²) in [7, 11) is 0. The predicted octanol–water partition coefficient (Wildman–Crippen LogP) is 7.61. The van der Waals surface area contributed by atoms with Crippen molar-refractivity contribution in [3.05, 3.63) is 144 Å². The van der Waals surface area contributed by atoms with E-state index in [0.717, 1.165) is 53.9 Å². The molecule has 0 aromatic heterocycles. The number of fused-ring (bicyclic) bond motifs is 3. The third kappa shape index (κ3) is 6.55. The van der Waals surface area contributed by atoms with Gasteiger partial charge in [-0.2, -0.15) is 0 Å². The summed E-state index contributed by atoms with van der Waals surface area (Å²) in [5, 5.41) is 0. The van der Waals surface area contributed by atoms with E-state index in [1.54, 1.807) is 0 Å². The van der Waals surface area contributed by atoms with Gasteiger partial charge in [-0.15, -0.1) is 0 Å². The molecule has 0 saturated heterocycles. The van der Waals surface area contributed by atoms with Gasteiger partial charge in [0.1, 0.15) is 37.9 Å². The molecule has 0 radical (unpaired) electrons. The molecular formula is C39H38O6. The molecular weight excluding hydrogens is 564 g/mol. The summed E-state index contributed by atoms with van der Waals surface area (Å²) in [5.41, 5.74) is 7.61. The number of hydrogen-bond donors (Lipinski definition) is 0. The first-order chi connectivity index (χ1) is 22.0. The lowest BCUT2D eigenvalue weighted by Crippen LogP contribution is -2.28. The van der Waals surface area contributed by atoms with Gasteiger partial charge in [-0.3, -0.25) is 0 Å². The summed E-state index contributed by atoms with van der Waals surface area (Å²) in [6.45, 7) is 9.82. The Morgan fingerprint density at radius 3 is 1.82 bits per heavy atom. The zero-order valence-corrected chi connectivity index (χ0v) is 25.6. The Labute approximate surface area is 264 Å². The highest BCUT2D eigenvalue weighted by Crippen LogP contribution is 2.56. The Hall–Kier alpha value is -5.10. The topological polar surface area (TPSA) is 71.1 Å². The highest BCUT2D eigenvalue weighted by Gasteiger charge is 2.46. The molecule has 0 aliphatic heterocycles. The first kappa shape index (κ1) is 31.3. The Balaban J connectivity index is 1.56. The van der Waals surface area contributed by atoms with Crippen LogP contribution in [0.2, 0.25) is 0 Å². The van der Waals surface area contributed by atoms with Crippen LogP contribution in [0.25, 0.3) is 11.1 Å². The minimum atomic E-state index is -0.579. The van der Waals surface area contributed by atoms with E-state index in [1.165, 1.54) is 22.3 Å². The first-order valence-corrected chi connectivity index (χ1v) is 15.3. The summed E-state index contributed by atoms with van der Waals surface area (Å²) in [5.74, 6) is 0.540. The van der Waals surface area contributed by atoms with E-state index < -0.39 is 17.4 Å². The molecule has 0 atom stereocenters. The summed E-state index contributed by atoms with van der Waals surface area (Å²) in [4.78, 5) is 22.9. The van der Waals surface area contributed by atoms with E-state index in [1.807, 2.05) is 18.2 Å². The first-order valence-electron chi connectivity index (χ1n) is 15.3. The summed E-state index contributed by atoms with van der Waals surface area (Å²) < 4.78 is 22.2. The molecule has 5 rings (SSSR count). The zero-order chi connectivity index (χ0) is 31.6. The van der Waals surface area contributed by atoms with Crippen molar-refractivity contribution in [2.45, 2.75) is 31.6 Å². The molecule has 230 valence electrons. The SMILES string of the molecule is C=CC(=O)OCCOc1ccc(C2(c3ccc(OCCOC(=O)C=C)c(CCCC)c3)c3ccccc3-c3ccccc32)cc1. The Morgan fingerprint density at radius 1 is 0.689 bits per heavy atom. The molecule has 4 aromatic carbocycles. The third-order valence-corrected chi connectivity index (χ3v) is 8.05. The van der Waals surface area contributed by atoms with Crippen LogP contribution in [0.1, 0.15) is 47.6 Å². The average Bonchev–Trinajstić information content (AvgIpc) is 3.39. The number of benzene rings is 4. The largest absolute Gasteiger partial charge is 0.490 e. The van der Waals surface area contributed by atoms with E-state index >= 15 is 0 Å². The second kappa shape index (κ2) is 14.6. The average molecular weight is 603 g/mol. The molecule has 6 heteroatoms. The standard InChI is InChI=1S/C39H38O6/c1-4-7-12-28-27-30(19-22-36(28)43-24-26-45-38(41)6-3)39(29-17-20-31(21-18-29)42-23-25-44-37(40)5-2)34-15-10-8-13-32(34)33-14-9-11-16-35(33)39/h5-6,8-11,13-22,27H,2-4,7,12,23-26H2,1H3. The van der Waals surface area contributed by atoms with Crippen molar-refractivity contribution in [1.82, 2.24) is 0 Å². The van der Waals surface area contributed by atoms with Crippen molar-refractivity contribution < 1.29 is 28.5 Å². The second-order valence-electron chi connectivity index (χ2n) is 10.7. The van der Waals surface area contributed by atoms with E-state index in [9.17, 15) is 9.59 Å². The van der Waals surface area contributed by atoms with Gasteiger partial charge in [-0.05, 0) is 70.0 Å². The third-order valence-electron chi connectivity index (χ3n) is 8.05. The van der Waals surface area contributed by atoms with E-state index in [0.29, 0.717) is 5.75 Å². The van der Waals surface area contributed by atoms with Gasteiger partial charge in [-0.25, -0.2) is 9.59 Å². The van der Waals surface area contributed by atoms with Crippen LogP contribution in [0.5, 0.6) is 11.5 Å². The number of aryl methyl sites for hydroxylation is 1. The predicted molar refractivity (Wildman–Crippen MR) is 176 cm³/mol. The maximum Gasteiger partial charge on any atom is 0.330 e. The van der Waals surface area contributed by atoms with E-state index in [2.05, 4.69) is 92.9 Å². The van der Waals surface area contributed by atoms with Gasteiger partial charge < -0.3 is 18.9 Å². The van der Waals surface area contributed by atoms with Gasteiger partial charge in [-0.1, -0.05) is 99.3 Å². The van der Waals surface area contributed by atoms with Crippen LogP contribution in [-0.4, -0.2) is 38.4 Å². The molecule has 0 fully saturated rings. The maximum atomic E-state index is 11.5. The van der Waals surface area contributed by atoms with Crippen molar-refractivity contribution in [2.24, 2.45) is 0 Å². The fourth-order valence-corrected chi connectivity index (χ4v) is 6.05. The molecule has 1 aliphatic rings. The second-order valence-corrected chi connectivity index (χ2v) is 10.7. The highest BCUT2D eigenvalue weighted by atomic mass is 16.6. The van der Waals surface area contributed by atoms with Gasteiger partial charge in [0.2, 0.25) is 0 Å². The molecule has 0 amide bonds. The molecule has 4 aromatic rings. The van der Waals surface area contributed by atoms with Gasteiger partial charge >= 0.3 is 11.9 Å². The summed E-state index contributed by atoms with van der Waals surface area (Å²) in [6.07, 6.45) is 5.20. The number of esters is 2. The van der Waals surface area contributed by atoms with Gasteiger partial charge in [0, 0.05) is 12.2 Å². The smallest absolute Gasteiger partial charge is 0.330 e. The quantitative estimate of drug-likeness (QED) is 0.0698. The minimum absolute atomic E-state index is 0.142. The van der Waals surface area contributed by atoms with Crippen molar-refractivity contribution >= 4 is 11.9 Å². The van der Waals surface area contributed by atoms with Crippen molar-refractivity contribution in [3.8, 4) is 22.6 Å². The van der Waals surface area contributed by atoms with Crippen LogP contribution < -0.4 is 9.47 Å². The van der Waals surface area contributed by atoms with Crippen LogP contribution in [0.4, 0.5) is 0 Å². The van der Waals surface area contributed by atoms with Gasteiger partial charge in [0.15, 0.2) is 0 Å². The summed E-state index contributed by atoms with van der Waals surface area (Å²) >= 11 is 0. The Bertz CT molecular complexity index is 1620. The normalized spacial score (nSPS) is 12.4. The summed E-state index contributed by atoms with van der Waals surface area (Å²) in [6, 6.07) is 31.8. The number of carbonyl (C=O) groups is 2. The van der Waals surface area contributed by atoms with Crippen molar-refractivity contribution in [1.29, 1.82) is 0 Å². The number of hydrogen-bond acceptors (Lipinski definition) is 6. The molecule has 0 bridgehead atoms. The molecule has 1 aliphatic carbocycles. The van der Waals surface area contributed by atoms with Crippen molar-refractivity contribution in [2.75, 3.05) is 26.4 Å². The van der Waals surface area contributed by atoms with Crippen LogP contribution in [0.15, 0.2) is 116 Å². The molecule has 0 spiro atoms. The van der Waals surface area contributed by atoms with Crippen LogP contribution >= 0.6 is 0 Å². The Morgan fingerprint density at radius 2 is 1.24 bits per heavy atom. The monoisotopic (exact) mass is 602 g/mol. The number of carbonyl (C=O) groups excluding carboxylic acids is 2. The van der Waals surface area contributed by atoms with Crippen molar-refractivity contribution in [3.63, 3.8) is 0 Å². The number of ether oxygens (including phenoxy) is 4. The minimum Gasteiger partial charge on any atom is -0.490 e. The molecule has 45 heavy (non-hydrogen) atoms. The van der Waals surface area contributed by atoms with Crippen LogP contribution in [0, 0.1) is 0 Å². The number of rotatable bonds is 15. The van der Waals surface area contributed by atoms with Crippen LogP contribution in [0.3, 0.4) is 0 Å². The molecule has 0 heterocycles. The highest BCUT2D eigenvalue weighted by molar-refractivity contribution is 5.86. The van der Waals surface area contributed by atoms with E-state index in [4.69, 9.17) is 18.9 Å². The fourth-order valence-electron chi connectivity index (χ4n) is 6.05. The molecule has 0 unspecified atom stereocenters. The lowest BCUT2D eigenvalue weighted by molar-refractivity contribution is -0.139. The fraction of sp³-hybridized carbons (Fsp3) is 0.231. The maximum absolute atomic E-state index is 11.5. The van der Waals surface area contributed by atoms with Gasteiger partial charge in [0.05, 0.1) is 5.41 Å². The zero-order valence-electron chi connectivity index (χ0n) is 25.6. The molecule has 0 saturated carbocycles. The van der Waals surface area contributed by atoms with E-state index in [-0.39, 0.29) is 26.4 Å². The van der Waals surface area contributed by atoms with Gasteiger partial charge in [0.25, 0.3) is 0 Å². The Kier molecular flexibility index (Phi) is 10.2. The lowest BCUT2D eigenvalue weighted by atomic mass is 9.67. The molecule has 0 N–H and O–H groups in total. The number of unbranched alkanes of at least 4 members (excludes halogenated alkanes) is 1. The lowest BCUT2D eigenvalue weighted by Gasteiger charge is -2.34.